The lowest BCUT2D eigenvalue weighted by atomic mass is 9.99. The van der Waals surface area contributed by atoms with Crippen molar-refractivity contribution in [2.45, 2.75) is 4.90 Å². The van der Waals surface area contributed by atoms with Gasteiger partial charge in [0.15, 0.2) is 0 Å². The number of hydrogen-bond acceptors (Lipinski definition) is 7. The minimum Gasteiger partial charge on any atom is -0.384 e. The highest BCUT2D eigenvalue weighted by Crippen LogP contribution is 2.30. The number of hydrazine groups is 1. The minimum absolute atomic E-state index is 0.0240. The number of nitrogen functional groups attached to an aromatic ring is 1. The van der Waals surface area contributed by atoms with Gasteiger partial charge in [0, 0.05) is 17.3 Å². The molecule has 1 heterocycles. The number of primary sulfonamides is 1. The van der Waals surface area contributed by atoms with E-state index < -0.39 is 15.9 Å². The molecule has 2 aromatic rings. The normalized spacial score (nSPS) is 11.0. The third kappa shape index (κ3) is 4.11. The molecule has 0 saturated heterocycles. The van der Waals surface area contributed by atoms with E-state index in [1.54, 1.807) is 12.1 Å². The molecular formula is C13H18N8O2S. The first-order chi connectivity index (χ1) is 11.4. The van der Waals surface area contributed by atoms with Crippen LogP contribution in [0.3, 0.4) is 0 Å². The maximum atomic E-state index is 11.7. The zero-order chi connectivity index (χ0) is 18.3. The van der Waals surface area contributed by atoms with Gasteiger partial charge in [-0.05, 0) is 23.8 Å². The Kier molecular flexibility index (Phi) is 6.49. The van der Waals surface area contributed by atoms with Gasteiger partial charge < -0.3 is 11.1 Å². The van der Waals surface area contributed by atoms with Crippen molar-refractivity contribution in [3.05, 3.63) is 41.7 Å². The maximum absolute atomic E-state index is 11.7. The lowest BCUT2D eigenvalue weighted by molar-refractivity contribution is 0.597. The molecule has 11 N–H and O–H groups in total. The zero-order valence-electron chi connectivity index (χ0n) is 12.5. The Bertz CT molecular complexity index is 870. The van der Waals surface area contributed by atoms with Gasteiger partial charge in [-0.1, -0.05) is 12.1 Å². The molecule has 10 nitrogen and oxygen atoms in total. The third-order valence-electron chi connectivity index (χ3n) is 2.92. The fourth-order valence-corrected chi connectivity index (χ4v) is 2.83. The summed E-state index contributed by atoms with van der Waals surface area (Å²) in [6, 6.07) is 4.43. The van der Waals surface area contributed by atoms with Gasteiger partial charge in [0.1, 0.15) is 5.84 Å². The first-order valence-corrected chi connectivity index (χ1v) is 7.95. The summed E-state index contributed by atoms with van der Waals surface area (Å²) >= 11 is 0. The highest BCUT2D eigenvalue weighted by Gasteiger charge is 2.21. The molecule has 0 aliphatic rings. The molecule has 0 radical (unpaired) electrons. The third-order valence-corrected chi connectivity index (χ3v) is 3.87. The summed E-state index contributed by atoms with van der Waals surface area (Å²) < 4.78 is 23.4. The molecule has 24 heavy (non-hydrogen) atoms. The molecule has 0 amide bonds. The number of nitrogens with two attached hydrogens (primary N) is 4. The summed E-state index contributed by atoms with van der Waals surface area (Å²) in [6.07, 6.45) is 5.66. The smallest absolute Gasteiger partial charge is 0.238 e. The first kappa shape index (κ1) is 19.2. The number of allylic oxidation sites excluding steroid dienone is 1. The van der Waals surface area contributed by atoms with E-state index in [4.69, 9.17) is 21.7 Å². The largest absolute Gasteiger partial charge is 0.384 e. The predicted octanol–water partition coefficient (Wildman–Crippen LogP) is -0.510. The maximum Gasteiger partial charge on any atom is 0.238 e. The average Bonchev–Trinajstić information content (AvgIpc) is 3.01. The number of nitrogens with zero attached hydrogens (tertiary/aromatic N) is 1. The summed E-state index contributed by atoms with van der Waals surface area (Å²) in [4.78, 5) is -0.222. The molecule has 1 aromatic heterocycles. The van der Waals surface area contributed by atoms with Crippen LogP contribution in [0.5, 0.6) is 0 Å². The van der Waals surface area contributed by atoms with E-state index in [1.165, 1.54) is 24.4 Å². The van der Waals surface area contributed by atoms with Crippen molar-refractivity contribution in [3.8, 4) is 11.1 Å². The molecule has 0 aliphatic carbocycles. The molecular weight excluding hydrogens is 332 g/mol. The fourth-order valence-electron chi connectivity index (χ4n) is 2.05. The van der Waals surface area contributed by atoms with Gasteiger partial charge in [-0.15, -0.1) is 0 Å². The zero-order valence-corrected chi connectivity index (χ0v) is 13.3. The van der Waals surface area contributed by atoms with Crippen LogP contribution in [0, 0.1) is 10.8 Å². The van der Waals surface area contributed by atoms with Gasteiger partial charge in [0.2, 0.25) is 10.0 Å². The van der Waals surface area contributed by atoms with E-state index in [-0.39, 0.29) is 10.5 Å². The minimum atomic E-state index is -4.03. The van der Waals surface area contributed by atoms with Crippen LogP contribution in [0.2, 0.25) is 0 Å². The summed E-state index contributed by atoms with van der Waals surface area (Å²) in [7, 11) is -4.03. The van der Waals surface area contributed by atoms with Crippen molar-refractivity contribution in [3.63, 3.8) is 0 Å². The Labute approximate surface area is 138 Å². The van der Waals surface area contributed by atoms with Crippen molar-refractivity contribution in [1.82, 2.24) is 10.2 Å². The Hall–Kier alpha value is -2.86. The Balaban J connectivity index is 0.00000139. The molecule has 0 spiro atoms. The van der Waals surface area contributed by atoms with E-state index in [0.29, 0.717) is 16.8 Å². The molecule has 0 saturated carbocycles. The highest BCUT2D eigenvalue weighted by atomic mass is 32.2. The Morgan fingerprint density at radius 2 is 1.92 bits per heavy atom. The van der Waals surface area contributed by atoms with E-state index in [9.17, 15) is 8.42 Å². The second-order valence-corrected chi connectivity index (χ2v) is 5.89. The monoisotopic (exact) mass is 350 g/mol. The lowest BCUT2D eigenvalue weighted by Gasteiger charge is -2.12. The summed E-state index contributed by atoms with van der Waals surface area (Å²) in [5.74, 6) is 7.59. The van der Waals surface area contributed by atoms with Crippen molar-refractivity contribution in [1.29, 1.82) is 10.8 Å². The second kappa shape index (κ2) is 8.12. The summed E-state index contributed by atoms with van der Waals surface area (Å²) in [5.41, 5.74) is 7.09. The van der Waals surface area contributed by atoms with Crippen LogP contribution in [-0.2, 0) is 10.0 Å². The van der Waals surface area contributed by atoms with Crippen LogP contribution in [0.15, 0.2) is 35.4 Å². The number of nitrogens with one attached hydrogen (secondary N) is 3. The average molecular weight is 350 g/mol. The number of aromatic amines is 1. The topological polar surface area (TPSA) is 215 Å². The first-order valence-electron chi connectivity index (χ1n) is 6.40. The SMILES string of the molecule is N=C/C=C\c1[nH]ncc1-c1cccc(S(N)(=O)=O)c1C(=N)N.NN. The van der Waals surface area contributed by atoms with Gasteiger partial charge in [-0.25, -0.2) is 13.6 Å². The molecule has 0 atom stereocenters. The predicted molar refractivity (Wildman–Crippen MR) is 92.6 cm³/mol. The van der Waals surface area contributed by atoms with Gasteiger partial charge in [-0.2, -0.15) is 5.10 Å². The molecule has 0 fully saturated rings. The van der Waals surface area contributed by atoms with Crippen molar-refractivity contribution in [2.24, 2.45) is 22.6 Å². The lowest BCUT2D eigenvalue weighted by Crippen LogP contribution is -2.21. The number of hydrogen-bond donors (Lipinski definition) is 7. The van der Waals surface area contributed by atoms with Gasteiger partial charge in [-0.3, -0.25) is 22.2 Å². The molecule has 11 heteroatoms. The second-order valence-electron chi connectivity index (χ2n) is 4.36. The standard InChI is InChI=1S/C13H14N6O2S.H4N2/c14-6-2-4-10-9(7-18-19-10)8-3-1-5-11(22(17,20)21)12(8)13(15)16;1-2/h1-7,14H,(H3,15,16)(H,18,19)(H2,17,20,21);1-2H2/b4-2-,14-6?;. The molecule has 128 valence electrons. The van der Waals surface area contributed by atoms with Crippen LogP contribution in [-0.4, -0.2) is 30.7 Å². The molecule has 1 aromatic carbocycles. The Morgan fingerprint density at radius 3 is 2.46 bits per heavy atom. The van der Waals surface area contributed by atoms with Crippen LogP contribution in [0.1, 0.15) is 11.3 Å². The van der Waals surface area contributed by atoms with Crippen LogP contribution in [0.4, 0.5) is 0 Å². The number of benzene rings is 1. The van der Waals surface area contributed by atoms with Crippen molar-refractivity contribution >= 4 is 28.1 Å². The number of sulfonamides is 1. The Morgan fingerprint density at radius 1 is 1.25 bits per heavy atom. The van der Waals surface area contributed by atoms with E-state index in [2.05, 4.69) is 21.9 Å². The van der Waals surface area contributed by atoms with Crippen LogP contribution >= 0.6 is 0 Å². The van der Waals surface area contributed by atoms with E-state index in [1.807, 2.05) is 0 Å². The van der Waals surface area contributed by atoms with E-state index in [0.717, 1.165) is 6.21 Å². The number of H-pyrrole nitrogens is 1. The molecule has 0 bridgehead atoms. The van der Waals surface area contributed by atoms with Crippen molar-refractivity contribution in [2.75, 3.05) is 0 Å². The molecule has 0 aliphatic heterocycles. The van der Waals surface area contributed by atoms with Gasteiger partial charge in [0.05, 0.1) is 16.8 Å². The summed E-state index contributed by atoms with van der Waals surface area (Å²) in [5, 5.41) is 26.5. The fraction of sp³-hybridized carbons (Fsp3) is 0. The molecule has 2 rings (SSSR count). The highest BCUT2D eigenvalue weighted by molar-refractivity contribution is 7.89. The molecule has 0 unspecified atom stereocenters. The number of amidine groups is 1. The van der Waals surface area contributed by atoms with E-state index >= 15 is 0 Å². The van der Waals surface area contributed by atoms with Crippen molar-refractivity contribution < 1.29 is 8.42 Å². The quantitative estimate of drug-likeness (QED) is 0.163. The van der Waals surface area contributed by atoms with Crippen LogP contribution < -0.4 is 22.6 Å². The number of rotatable bonds is 5. The summed E-state index contributed by atoms with van der Waals surface area (Å²) in [6.45, 7) is 0. The van der Waals surface area contributed by atoms with Gasteiger partial charge in [0.25, 0.3) is 0 Å². The van der Waals surface area contributed by atoms with Gasteiger partial charge >= 0.3 is 0 Å². The number of aromatic nitrogens is 2. The van der Waals surface area contributed by atoms with Crippen LogP contribution in [0.25, 0.3) is 17.2 Å².